The first-order valence-electron chi connectivity index (χ1n) is 6.60. The van der Waals surface area contributed by atoms with Crippen molar-refractivity contribution in [2.24, 2.45) is 11.5 Å². The minimum absolute atomic E-state index is 0.288. The van der Waals surface area contributed by atoms with Gasteiger partial charge in [0.2, 0.25) is 11.9 Å². The van der Waals surface area contributed by atoms with E-state index in [9.17, 15) is 8.42 Å². The first-order valence-corrected chi connectivity index (χ1v) is 9.19. The second-order valence-electron chi connectivity index (χ2n) is 4.40. The third-order valence-corrected chi connectivity index (χ3v) is 3.92. The smallest absolute Gasteiger partial charge is 0.264 e. The Morgan fingerprint density at radius 3 is 2.59 bits per heavy atom. The van der Waals surface area contributed by atoms with Crippen molar-refractivity contribution in [3.05, 3.63) is 0 Å². The Hall–Kier alpha value is -1.21. The SMILES string of the molecule is CC(N)Nc1nc(NCCN)nc(SCCCS(=O)(=O)O)n1. The molecule has 0 spiro atoms. The number of hydrogen-bond donors (Lipinski definition) is 5. The maximum atomic E-state index is 10.6. The van der Waals surface area contributed by atoms with Crippen molar-refractivity contribution >= 4 is 33.8 Å². The zero-order valence-corrected chi connectivity index (χ0v) is 13.8. The highest BCUT2D eigenvalue weighted by molar-refractivity contribution is 7.99. The average Bonchev–Trinajstić information content (AvgIpc) is 2.39. The minimum atomic E-state index is -3.94. The number of anilines is 2. The number of hydrogen-bond acceptors (Lipinski definition) is 10. The summed E-state index contributed by atoms with van der Waals surface area (Å²) < 4.78 is 30.0. The molecule has 1 aromatic heterocycles. The van der Waals surface area contributed by atoms with Crippen molar-refractivity contribution in [3.8, 4) is 0 Å². The van der Waals surface area contributed by atoms with E-state index in [1.807, 2.05) is 0 Å². The molecule has 1 unspecified atom stereocenters. The van der Waals surface area contributed by atoms with Gasteiger partial charge in [-0.15, -0.1) is 0 Å². The van der Waals surface area contributed by atoms with Gasteiger partial charge in [0.1, 0.15) is 0 Å². The summed E-state index contributed by atoms with van der Waals surface area (Å²) in [5.74, 6) is 0.828. The van der Waals surface area contributed by atoms with Crippen LogP contribution >= 0.6 is 11.8 Å². The molecule has 12 heteroatoms. The Morgan fingerprint density at radius 1 is 1.32 bits per heavy atom. The standard InChI is InChI=1S/C10H21N7O3S2/c1-7(12)14-9-15-8(13-4-3-11)16-10(17-9)21-5-2-6-22(18,19)20/h7H,2-6,11-12H2,1H3,(H,18,19,20)(H2,13,14,15,16,17). The van der Waals surface area contributed by atoms with E-state index in [0.717, 1.165) is 0 Å². The van der Waals surface area contributed by atoms with Crippen molar-refractivity contribution in [1.29, 1.82) is 0 Å². The predicted octanol–water partition coefficient (Wildman–Crippen LogP) is -0.671. The van der Waals surface area contributed by atoms with Crippen LogP contribution in [-0.4, -0.2) is 58.7 Å². The van der Waals surface area contributed by atoms with Crippen LogP contribution in [0.25, 0.3) is 0 Å². The lowest BCUT2D eigenvalue weighted by Gasteiger charge is -2.11. The molecule has 10 nitrogen and oxygen atoms in total. The Bertz CT molecular complexity index is 568. The summed E-state index contributed by atoms with van der Waals surface area (Å²) in [5.41, 5.74) is 11.1. The number of rotatable bonds is 10. The molecule has 0 aliphatic carbocycles. The molecule has 0 saturated heterocycles. The summed E-state index contributed by atoms with van der Waals surface area (Å²) in [6.45, 7) is 2.68. The Kier molecular flexibility index (Phi) is 7.75. The van der Waals surface area contributed by atoms with Gasteiger partial charge in [-0.05, 0) is 13.3 Å². The minimum Gasteiger partial charge on any atom is -0.353 e. The second-order valence-corrected chi connectivity index (χ2v) is 7.04. The van der Waals surface area contributed by atoms with Gasteiger partial charge in [0, 0.05) is 18.8 Å². The summed E-state index contributed by atoms with van der Waals surface area (Å²) in [5, 5.41) is 6.24. The van der Waals surface area contributed by atoms with Crippen LogP contribution in [0.3, 0.4) is 0 Å². The molecule has 1 rings (SSSR count). The predicted molar refractivity (Wildman–Crippen MR) is 86.4 cm³/mol. The molecule has 0 aliphatic rings. The number of thioether (sulfide) groups is 1. The summed E-state index contributed by atoms with van der Waals surface area (Å²) in [7, 11) is -3.94. The summed E-state index contributed by atoms with van der Waals surface area (Å²) >= 11 is 1.26. The average molecular weight is 351 g/mol. The largest absolute Gasteiger partial charge is 0.353 e. The molecular weight excluding hydrogens is 330 g/mol. The first-order chi connectivity index (χ1) is 10.3. The fourth-order valence-electron chi connectivity index (χ4n) is 1.36. The van der Waals surface area contributed by atoms with Crippen molar-refractivity contribution in [2.75, 3.05) is 35.2 Å². The molecule has 0 aliphatic heterocycles. The van der Waals surface area contributed by atoms with Gasteiger partial charge in [-0.2, -0.15) is 23.4 Å². The van der Waals surface area contributed by atoms with Crippen LogP contribution in [0.4, 0.5) is 11.9 Å². The summed E-state index contributed by atoms with van der Waals surface area (Å²) in [6, 6.07) is 0. The fraction of sp³-hybridized carbons (Fsp3) is 0.700. The first kappa shape index (κ1) is 18.8. The van der Waals surface area contributed by atoms with Crippen LogP contribution in [0.15, 0.2) is 5.16 Å². The van der Waals surface area contributed by atoms with Crippen LogP contribution < -0.4 is 22.1 Å². The number of aromatic nitrogens is 3. The van der Waals surface area contributed by atoms with Crippen molar-refractivity contribution in [3.63, 3.8) is 0 Å². The molecule has 0 saturated carbocycles. The number of nitrogens with zero attached hydrogens (tertiary/aromatic N) is 3. The number of nitrogens with one attached hydrogen (secondary N) is 2. The maximum Gasteiger partial charge on any atom is 0.264 e. The number of nitrogens with two attached hydrogens (primary N) is 2. The van der Waals surface area contributed by atoms with Gasteiger partial charge < -0.3 is 22.1 Å². The van der Waals surface area contributed by atoms with E-state index in [2.05, 4.69) is 25.6 Å². The Morgan fingerprint density at radius 2 is 2.00 bits per heavy atom. The second kappa shape index (κ2) is 9.05. The van der Waals surface area contributed by atoms with E-state index in [0.29, 0.717) is 35.9 Å². The Balaban J connectivity index is 2.70. The van der Waals surface area contributed by atoms with Gasteiger partial charge >= 0.3 is 0 Å². The van der Waals surface area contributed by atoms with E-state index >= 15 is 0 Å². The topological polar surface area (TPSA) is 169 Å². The van der Waals surface area contributed by atoms with Crippen LogP contribution in [0.5, 0.6) is 0 Å². The van der Waals surface area contributed by atoms with Gasteiger partial charge in [0.15, 0.2) is 5.16 Å². The molecule has 1 heterocycles. The van der Waals surface area contributed by atoms with E-state index in [-0.39, 0.29) is 18.3 Å². The molecule has 0 fully saturated rings. The maximum absolute atomic E-state index is 10.6. The lowest BCUT2D eigenvalue weighted by Crippen LogP contribution is -2.27. The van der Waals surface area contributed by atoms with Crippen LogP contribution in [0.1, 0.15) is 13.3 Å². The third kappa shape index (κ3) is 8.29. The van der Waals surface area contributed by atoms with Crippen LogP contribution in [0.2, 0.25) is 0 Å². The monoisotopic (exact) mass is 351 g/mol. The zero-order valence-electron chi connectivity index (χ0n) is 12.2. The van der Waals surface area contributed by atoms with Crippen molar-refractivity contribution in [1.82, 2.24) is 15.0 Å². The molecule has 22 heavy (non-hydrogen) atoms. The molecular formula is C10H21N7O3S2. The fourth-order valence-corrected chi connectivity index (χ4v) is 2.82. The summed E-state index contributed by atoms with van der Waals surface area (Å²) in [6.07, 6.45) is -0.0429. The Labute approximate surface area is 133 Å². The van der Waals surface area contributed by atoms with Gasteiger partial charge in [0.25, 0.3) is 10.1 Å². The molecule has 0 aromatic carbocycles. The van der Waals surface area contributed by atoms with Gasteiger partial charge in [0.05, 0.1) is 11.9 Å². The van der Waals surface area contributed by atoms with E-state index in [1.54, 1.807) is 6.92 Å². The van der Waals surface area contributed by atoms with Gasteiger partial charge in [-0.25, -0.2) is 0 Å². The van der Waals surface area contributed by atoms with Crippen molar-refractivity contribution in [2.45, 2.75) is 24.7 Å². The molecule has 0 amide bonds. The van der Waals surface area contributed by atoms with E-state index < -0.39 is 10.1 Å². The zero-order chi connectivity index (χ0) is 16.6. The van der Waals surface area contributed by atoms with Crippen molar-refractivity contribution < 1.29 is 13.0 Å². The molecule has 126 valence electrons. The highest BCUT2D eigenvalue weighted by Crippen LogP contribution is 2.17. The van der Waals surface area contributed by atoms with E-state index in [4.69, 9.17) is 16.0 Å². The molecule has 0 radical (unpaired) electrons. The third-order valence-electron chi connectivity index (χ3n) is 2.18. The van der Waals surface area contributed by atoms with Crippen LogP contribution in [-0.2, 0) is 10.1 Å². The highest BCUT2D eigenvalue weighted by Gasteiger charge is 2.09. The molecule has 0 bridgehead atoms. The van der Waals surface area contributed by atoms with Crippen LogP contribution in [0, 0.1) is 0 Å². The van der Waals surface area contributed by atoms with Gasteiger partial charge in [-0.3, -0.25) is 4.55 Å². The van der Waals surface area contributed by atoms with Gasteiger partial charge in [-0.1, -0.05) is 11.8 Å². The lowest BCUT2D eigenvalue weighted by molar-refractivity contribution is 0.482. The highest BCUT2D eigenvalue weighted by atomic mass is 32.2. The normalized spacial score (nSPS) is 12.9. The molecule has 1 aromatic rings. The molecule has 1 atom stereocenters. The van der Waals surface area contributed by atoms with E-state index in [1.165, 1.54) is 11.8 Å². The molecule has 7 N–H and O–H groups in total. The summed E-state index contributed by atoms with van der Waals surface area (Å²) in [4.78, 5) is 12.5. The lowest BCUT2D eigenvalue weighted by atomic mass is 10.6. The quantitative estimate of drug-likeness (QED) is 0.157.